The number of unbranched alkanes of at least 4 members (excludes halogenated alkanes) is 37. The molecule has 0 amide bonds. The Kier molecular flexibility index (Phi) is 64.0. The molecule has 10 heteroatoms. The summed E-state index contributed by atoms with van der Waals surface area (Å²) in [6.07, 6.45) is 88.2. The summed E-state index contributed by atoms with van der Waals surface area (Å²) in [4.78, 5) is 35.3. The van der Waals surface area contributed by atoms with Crippen LogP contribution < -0.4 is 5.73 Å². The lowest BCUT2D eigenvalue weighted by Crippen LogP contribution is -2.29. The van der Waals surface area contributed by atoms with Gasteiger partial charge in [0.15, 0.2) is 6.10 Å². The van der Waals surface area contributed by atoms with Crippen LogP contribution in [0.25, 0.3) is 0 Å². The maximum Gasteiger partial charge on any atom is 0.472 e. The molecule has 0 aromatic rings. The minimum Gasteiger partial charge on any atom is -0.462 e. The first kappa shape index (κ1) is 78.2. The number of allylic oxidation sites excluding steroid dienone is 14. The molecule has 0 rings (SSSR count). The number of phosphoric ester groups is 1. The molecule has 470 valence electrons. The molecule has 0 aliphatic carbocycles. The van der Waals surface area contributed by atoms with Crippen molar-refractivity contribution in [3.63, 3.8) is 0 Å². The highest BCUT2D eigenvalue weighted by Gasteiger charge is 2.26. The fourth-order valence-corrected chi connectivity index (χ4v) is 10.5. The van der Waals surface area contributed by atoms with Crippen LogP contribution in [-0.4, -0.2) is 49.3 Å². The Balaban J connectivity index is 3.83. The lowest BCUT2D eigenvalue weighted by atomic mass is 10.0. The molecule has 0 saturated heterocycles. The summed E-state index contributed by atoms with van der Waals surface area (Å²) < 4.78 is 33.1. The molecular formula is C71H128NO8P. The van der Waals surface area contributed by atoms with E-state index in [4.69, 9.17) is 24.3 Å². The summed E-state index contributed by atoms with van der Waals surface area (Å²) >= 11 is 0. The van der Waals surface area contributed by atoms with Crippen LogP contribution in [0.4, 0.5) is 0 Å². The quantitative estimate of drug-likeness (QED) is 0.0264. The first-order valence-corrected chi connectivity index (χ1v) is 35.6. The minimum atomic E-state index is -4.39. The van der Waals surface area contributed by atoms with Gasteiger partial charge in [0, 0.05) is 19.4 Å². The second kappa shape index (κ2) is 66.3. The van der Waals surface area contributed by atoms with E-state index in [1.165, 1.54) is 212 Å². The van der Waals surface area contributed by atoms with Gasteiger partial charge in [-0.05, 0) is 89.9 Å². The molecule has 9 nitrogen and oxygen atoms in total. The molecule has 0 aliphatic heterocycles. The van der Waals surface area contributed by atoms with Crippen molar-refractivity contribution in [2.24, 2.45) is 5.73 Å². The fourth-order valence-electron chi connectivity index (χ4n) is 9.76. The SMILES string of the molecule is CC/C=C\C/C=C\C/C=C\C/C=C\C/C=C\C/C=C\CCCCCCCCCCCCCCCCCCCCCCC(=O)OC(COC(=O)CCCCCCCCCCC/C=C\CCCCCCCCCC)COP(=O)(O)OCCN. The highest BCUT2D eigenvalue weighted by Crippen LogP contribution is 2.43. The van der Waals surface area contributed by atoms with Crippen molar-refractivity contribution in [3.05, 3.63) is 85.1 Å². The maximum absolute atomic E-state index is 12.8. The van der Waals surface area contributed by atoms with Crippen molar-refractivity contribution in [1.82, 2.24) is 0 Å². The van der Waals surface area contributed by atoms with Gasteiger partial charge in [-0.2, -0.15) is 0 Å². The Hall–Kier alpha value is -2.81. The van der Waals surface area contributed by atoms with Gasteiger partial charge in [-0.1, -0.05) is 304 Å². The molecule has 0 bridgehead atoms. The van der Waals surface area contributed by atoms with E-state index < -0.39 is 26.5 Å². The third kappa shape index (κ3) is 66.2. The zero-order valence-corrected chi connectivity index (χ0v) is 53.7. The number of carbonyl (C=O) groups excluding carboxylic acids is 2. The Morgan fingerprint density at radius 1 is 0.383 bits per heavy atom. The molecular weight excluding hydrogens is 1030 g/mol. The average Bonchev–Trinajstić information content (AvgIpc) is 3.46. The van der Waals surface area contributed by atoms with Gasteiger partial charge < -0.3 is 20.1 Å². The van der Waals surface area contributed by atoms with Crippen molar-refractivity contribution in [3.8, 4) is 0 Å². The van der Waals surface area contributed by atoms with E-state index in [1.54, 1.807) is 0 Å². The topological polar surface area (TPSA) is 134 Å². The monoisotopic (exact) mass is 1150 g/mol. The van der Waals surface area contributed by atoms with Crippen molar-refractivity contribution in [1.29, 1.82) is 0 Å². The number of esters is 2. The van der Waals surface area contributed by atoms with Gasteiger partial charge in [-0.15, -0.1) is 0 Å². The Morgan fingerprint density at radius 3 is 1.02 bits per heavy atom. The molecule has 3 N–H and O–H groups in total. The molecule has 0 spiro atoms. The molecule has 2 unspecified atom stereocenters. The van der Waals surface area contributed by atoms with Gasteiger partial charge in [0.25, 0.3) is 0 Å². The van der Waals surface area contributed by atoms with Gasteiger partial charge in [0.05, 0.1) is 13.2 Å². The summed E-state index contributed by atoms with van der Waals surface area (Å²) in [7, 11) is -4.39. The molecule has 0 aromatic carbocycles. The van der Waals surface area contributed by atoms with Crippen LogP contribution >= 0.6 is 7.82 Å². The minimum absolute atomic E-state index is 0.0529. The lowest BCUT2D eigenvalue weighted by Gasteiger charge is -2.19. The number of carbonyl (C=O) groups is 2. The van der Waals surface area contributed by atoms with Gasteiger partial charge in [-0.25, -0.2) is 4.57 Å². The first-order chi connectivity index (χ1) is 39.8. The summed E-state index contributed by atoms with van der Waals surface area (Å²) in [6.45, 7) is 3.67. The van der Waals surface area contributed by atoms with Crippen LogP contribution in [0, 0.1) is 0 Å². The fraction of sp³-hybridized carbons (Fsp3) is 0.775. The predicted molar refractivity (Wildman–Crippen MR) is 349 cm³/mol. The third-order valence-corrected chi connectivity index (χ3v) is 15.7. The van der Waals surface area contributed by atoms with E-state index in [0.717, 1.165) is 77.0 Å². The largest absolute Gasteiger partial charge is 0.472 e. The Morgan fingerprint density at radius 2 is 0.679 bits per heavy atom. The van der Waals surface area contributed by atoms with Crippen molar-refractivity contribution in [2.75, 3.05) is 26.4 Å². The van der Waals surface area contributed by atoms with Crippen LogP contribution in [0.2, 0.25) is 0 Å². The molecule has 81 heavy (non-hydrogen) atoms. The van der Waals surface area contributed by atoms with Crippen molar-refractivity contribution in [2.45, 2.75) is 328 Å². The maximum atomic E-state index is 12.8. The number of hydrogen-bond donors (Lipinski definition) is 2. The summed E-state index contributed by atoms with van der Waals surface area (Å²) in [5.41, 5.74) is 5.40. The van der Waals surface area contributed by atoms with Crippen molar-refractivity contribution >= 4 is 19.8 Å². The first-order valence-electron chi connectivity index (χ1n) is 34.1. The number of nitrogens with two attached hydrogens (primary N) is 1. The van der Waals surface area contributed by atoms with Crippen LogP contribution in [0.1, 0.15) is 322 Å². The Labute approximate surface area is 500 Å². The second-order valence-corrected chi connectivity index (χ2v) is 24.1. The van der Waals surface area contributed by atoms with E-state index in [0.29, 0.717) is 6.42 Å². The second-order valence-electron chi connectivity index (χ2n) is 22.7. The van der Waals surface area contributed by atoms with Gasteiger partial charge in [0.2, 0.25) is 0 Å². The zero-order chi connectivity index (χ0) is 58.7. The smallest absolute Gasteiger partial charge is 0.462 e. The van der Waals surface area contributed by atoms with Crippen LogP contribution in [0.15, 0.2) is 85.1 Å². The van der Waals surface area contributed by atoms with E-state index >= 15 is 0 Å². The number of hydrogen-bond acceptors (Lipinski definition) is 8. The zero-order valence-electron chi connectivity index (χ0n) is 52.8. The number of ether oxygens (including phenoxy) is 2. The standard InChI is InChI=1S/C71H128NO8P/c1-3-5-7-9-11-13-15-17-19-21-23-25-26-27-28-29-30-31-32-33-34-35-36-37-38-39-40-41-42-44-46-48-50-52-54-56-58-60-62-64-71(74)80-69(68-79-81(75,76)78-66-65-72)67-77-70(73)63-61-59-57-55-53-51-49-47-45-43-24-22-20-18-16-14-12-10-8-6-4-2/h5,7,11,13,17,19,22-25,27-28,30-31,69H,3-4,6,8-10,12,14-16,18,20-21,26,29,32-68,72H2,1-2H3,(H,75,76)/b7-5-,13-11-,19-17-,24-22-,25-23-,28-27-,31-30-. The van der Waals surface area contributed by atoms with Crippen LogP contribution in [0.3, 0.4) is 0 Å². The van der Waals surface area contributed by atoms with E-state index in [2.05, 4.69) is 98.9 Å². The molecule has 0 fully saturated rings. The summed E-state index contributed by atoms with van der Waals surface area (Å²) in [5.74, 6) is -0.817. The predicted octanol–water partition coefficient (Wildman–Crippen LogP) is 22.2. The average molecular weight is 1150 g/mol. The molecule has 0 radical (unpaired) electrons. The molecule has 0 aliphatic rings. The van der Waals surface area contributed by atoms with Gasteiger partial charge in [0.1, 0.15) is 6.61 Å². The van der Waals surface area contributed by atoms with E-state index in [9.17, 15) is 19.0 Å². The normalized spacial score (nSPS) is 13.5. The third-order valence-electron chi connectivity index (χ3n) is 14.8. The molecule has 0 aromatic heterocycles. The highest BCUT2D eigenvalue weighted by molar-refractivity contribution is 7.47. The van der Waals surface area contributed by atoms with E-state index in [1.807, 2.05) is 0 Å². The Bertz CT molecular complexity index is 1600. The number of rotatable bonds is 64. The van der Waals surface area contributed by atoms with Crippen LogP contribution in [-0.2, 0) is 32.7 Å². The number of phosphoric acid groups is 1. The molecule has 0 heterocycles. The lowest BCUT2D eigenvalue weighted by molar-refractivity contribution is -0.161. The van der Waals surface area contributed by atoms with E-state index in [-0.39, 0.29) is 38.6 Å². The highest BCUT2D eigenvalue weighted by atomic mass is 31.2. The summed E-state index contributed by atoms with van der Waals surface area (Å²) in [5, 5.41) is 0. The van der Waals surface area contributed by atoms with Gasteiger partial charge in [-0.3, -0.25) is 18.6 Å². The van der Waals surface area contributed by atoms with Crippen LogP contribution in [0.5, 0.6) is 0 Å². The van der Waals surface area contributed by atoms with Crippen molar-refractivity contribution < 1.29 is 37.6 Å². The molecule has 0 saturated carbocycles. The summed E-state index contributed by atoms with van der Waals surface area (Å²) in [6, 6.07) is 0. The van der Waals surface area contributed by atoms with Gasteiger partial charge >= 0.3 is 19.8 Å². The molecule has 2 atom stereocenters.